The normalized spacial score (nSPS) is 12.4. The van der Waals surface area contributed by atoms with Gasteiger partial charge in [-0.3, -0.25) is 0 Å². The minimum Gasteiger partial charge on any atom is -0.309 e. The monoisotopic (exact) mass is 1180 g/mol. The van der Waals surface area contributed by atoms with Crippen LogP contribution in [0.1, 0.15) is 22.3 Å². The Bertz CT molecular complexity index is 5670. The molecule has 2 heteroatoms. The maximum atomic E-state index is 2.45. The van der Waals surface area contributed by atoms with Gasteiger partial charge in [-0.05, 0) is 178 Å². The highest BCUT2D eigenvalue weighted by Crippen LogP contribution is 2.58. The lowest BCUT2D eigenvalue weighted by Gasteiger charge is -2.36. The lowest BCUT2D eigenvalue weighted by molar-refractivity contribution is 0.771. The zero-order chi connectivity index (χ0) is 61.4. The molecule has 1 aliphatic carbocycles. The second-order valence-corrected chi connectivity index (χ2v) is 24.7. The SMILES string of the molecule is c1ccc(-c2cccc(-n3c4ccccc4c4cc(-c5ccc6c(c5)c5ccccc5n6-c5ccc(-c6ccc(-c7ccc(-c8cccc(C9(c%10ccccc%10-c%10ccccc%10-c%10ccccc%10)c%10ccccc%10-c%10ccccc%109)c8)cc7)cc6)cc5)ccc43)c2)cc1. The molecule has 0 atom stereocenters. The van der Waals surface area contributed by atoms with Crippen molar-refractivity contribution in [2.24, 2.45) is 0 Å². The van der Waals surface area contributed by atoms with Gasteiger partial charge in [-0.2, -0.15) is 0 Å². The third kappa shape index (κ3) is 8.86. The van der Waals surface area contributed by atoms with Crippen molar-refractivity contribution in [2.75, 3.05) is 0 Å². The van der Waals surface area contributed by atoms with Crippen LogP contribution in [0.3, 0.4) is 0 Å². The molecule has 0 N–H and O–H groups in total. The second-order valence-electron chi connectivity index (χ2n) is 24.7. The number of nitrogens with zero attached hydrogens (tertiary/aromatic N) is 2. The van der Waals surface area contributed by atoms with Crippen LogP contribution in [0, 0.1) is 0 Å². The molecule has 93 heavy (non-hydrogen) atoms. The first kappa shape index (κ1) is 53.9. The molecule has 2 heterocycles. The molecule has 0 spiro atoms. The van der Waals surface area contributed by atoms with Crippen LogP contribution >= 0.6 is 0 Å². The molecule has 0 aliphatic heterocycles. The van der Waals surface area contributed by atoms with E-state index in [1.165, 1.54) is 155 Å². The lowest BCUT2D eigenvalue weighted by Crippen LogP contribution is -2.29. The van der Waals surface area contributed by atoms with Gasteiger partial charge in [-0.25, -0.2) is 0 Å². The fourth-order valence-electron chi connectivity index (χ4n) is 15.4. The predicted molar refractivity (Wildman–Crippen MR) is 390 cm³/mol. The van der Waals surface area contributed by atoms with E-state index in [1.807, 2.05) is 0 Å². The summed E-state index contributed by atoms with van der Waals surface area (Å²) >= 11 is 0. The van der Waals surface area contributed by atoms with E-state index in [0.29, 0.717) is 0 Å². The highest BCUT2D eigenvalue weighted by molar-refractivity contribution is 6.13. The van der Waals surface area contributed by atoms with E-state index >= 15 is 0 Å². The van der Waals surface area contributed by atoms with Crippen molar-refractivity contribution in [1.29, 1.82) is 0 Å². The molecule has 434 valence electrons. The van der Waals surface area contributed by atoms with E-state index in [-0.39, 0.29) is 0 Å². The minimum absolute atomic E-state index is 0.594. The summed E-state index contributed by atoms with van der Waals surface area (Å²) in [6.45, 7) is 0. The number of hydrogen-bond donors (Lipinski definition) is 0. The number of benzene rings is 15. The third-order valence-corrected chi connectivity index (χ3v) is 19.7. The molecule has 2 aromatic heterocycles. The van der Waals surface area contributed by atoms with Crippen LogP contribution in [0.15, 0.2) is 364 Å². The molecule has 1 aliphatic rings. The van der Waals surface area contributed by atoms with Gasteiger partial charge in [0.2, 0.25) is 0 Å². The summed E-state index contributed by atoms with van der Waals surface area (Å²) in [5.41, 5.74) is 30.9. The van der Waals surface area contributed by atoms with E-state index in [9.17, 15) is 0 Å². The summed E-state index contributed by atoms with van der Waals surface area (Å²) < 4.78 is 4.83. The molecular formula is C91H60N2. The second kappa shape index (κ2) is 22.1. The van der Waals surface area contributed by atoms with Crippen LogP contribution < -0.4 is 0 Å². The Hall–Kier alpha value is -12.1. The van der Waals surface area contributed by atoms with Crippen LogP contribution in [-0.2, 0) is 5.41 Å². The smallest absolute Gasteiger partial charge is 0.0719 e. The Morgan fingerprint density at radius 1 is 0.172 bits per heavy atom. The average Bonchev–Trinajstić information content (AvgIpc) is 1.57. The average molecular weight is 1180 g/mol. The number of para-hydroxylation sites is 2. The molecule has 17 aromatic rings. The van der Waals surface area contributed by atoms with Gasteiger partial charge in [0.05, 0.1) is 27.5 Å². The predicted octanol–water partition coefficient (Wildman–Crippen LogP) is 23.9. The Morgan fingerprint density at radius 3 is 1.03 bits per heavy atom. The summed E-state index contributed by atoms with van der Waals surface area (Å²) in [5, 5.41) is 4.95. The topological polar surface area (TPSA) is 9.86 Å². The molecular weight excluding hydrogens is 1120 g/mol. The summed E-state index contributed by atoms with van der Waals surface area (Å²) in [6.07, 6.45) is 0. The third-order valence-electron chi connectivity index (χ3n) is 19.7. The Balaban J connectivity index is 0.637. The quantitative estimate of drug-likeness (QED) is 0.122. The van der Waals surface area contributed by atoms with E-state index in [0.717, 1.165) is 11.4 Å². The standard InChI is InChI=1S/C91H60N2/c1-3-21-61(22-4-1)69-26-20-28-74(58-69)93-88-40-18-13-35-81(88)83-60-71(52-56-90(83)93)70-51-55-89-82(59-70)80-34-12-17-39-87(80)92(89)73-53-49-65(50-54-73)64-43-41-62(42-44-64)63-45-47-66(48-46-63)68-25-19-27-72(57-68)91(85-37-15-10-32-78(85)79-33-11-16-38-86(79)91)84-36-14-9-31-77(84)76-30-8-7-29-75(76)67-23-5-2-6-24-67/h1-60H. The van der Waals surface area contributed by atoms with Crippen molar-refractivity contribution in [2.45, 2.75) is 5.41 Å². The van der Waals surface area contributed by atoms with Gasteiger partial charge in [0, 0.05) is 32.9 Å². The molecule has 0 saturated carbocycles. The van der Waals surface area contributed by atoms with Crippen molar-refractivity contribution < 1.29 is 0 Å². The van der Waals surface area contributed by atoms with Crippen molar-refractivity contribution >= 4 is 43.6 Å². The fourth-order valence-corrected chi connectivity index (χ4v) is 15.4. The van der Waals surface area contributed by atoms with Crippen LogP contribution in [-0.4, -0.2) is 9.13 Å². The summed E-state index contributed by atoms with van der Waals surface area (Å²) in [7, 11) is 0. The summed E-state index contributed by atoms with van der Waals surface area (Å²) in [5.74, 6) is 0. The Kier molecular flexibility index (Phi) is 12.8. The van der Waals surface area contributed by atoms with Gasteiger partial charge in [0.25, 0.3) is 0 Å². The minimum atomic E-state index is -0.594. The molecule has 0 bridgehead atoms. The van der Waals surface area contributed by atoms with Gasteiger partial charge in [-0.1, -0.05) is 297 Å². The lowest BCUT2D eigenvalue weighted by atomic mass is 9.65. The van der Waals surface area contributed by atoms with Gasteiger partial charge in [0.1, 0.15) is 0 Å². The highest BCUT2D eigenvalue weighted by Gasteiger charge is 2.47. The first-order chi connectivity index (χ1) is 46.1. The molecule has 18 rings (SSSR count). The van der Waals surface area contributed by atoms with Crippen molar-refractivity contribution in [3.63, 3.8) is 0 Å². The Labute approximate surface area is 541 Å². The maximum absolute atomic E-state index is 2.45. The molecule has 0 radical (unpaired) electrons. The molecule has 0 fully saturated rings. The van der Waals surface area contributed by atoms with Crippen molar-refractivity contribution in [3.8, 4) is 100 Å². The van der Waals surface area contributed by atoms with E-state index in [2.05, 4.69) is 373 Å². The first-order valence-corrected chi connectivity index (χ1v) is 32.2. The zero-order valence-electron chi connectivity index (χ0n) is 51.0. The van der Waals surface area contributed by atoms with Gasteiger partial charge in [0.15, 0.2) is 0 Å². The van der Waals surface area contributed by atoms with Crippen molar-refractivity contribution in [1.82, 2.24) is 9.13 Å². The van der Waals surface area contributed by atoms with Crippen LogP contribution in [0.4, 0.5) is 0 Å². The Morgan fingerprint density at radius 2 is 0.505 bits per heavy atom. The van der Waals surface area contributed by atoms with E-state index in [4.69, 9.17) is 0 Å². The largest absolute Gasteiger partial charge is 0.309 e. The number of aromatic nitrogens is 2. The maximum Gasteiger partial charge on any atom is 0.0719 e. The summed E-state index contributed by atoms with van der Waals surface area (Å²) in [6, 6.07) is 135. The van der Waals surface area contributed by atoms with Gasteiger partial charge >= 0.3 is 0 Å². The highest BCUT2D eigenvalue weighted by atomic mass is 15.0. The molecule has 2 nitrogen and oxygen atoms in total. The van der Waals surface area contributed by atoms with Crippen LogP contribution in [0.25, 0.3) is 144 Å². The zero-order valence-corrected chi connectivity index (χ0v) is 51.0. The summed E-state index contributed by atoms with van der Waals surface area (Å²) in [4.78, 5) is 0. The van der Waals surface area contributed by atoms with E-state index in [1.54, 1.807) is 0 Å². The number of hydrogen-bond acceptors (Lipinski definition) is 0. The van der Waals surface area contributed by atoms with Crippen LogP contribution in [0.2, 0.25) is 0 Å². The number of rotatable bonds is 11. The van der Waals surface area contributed by atoms with Crippen LogP contribution in [0.5, 0.6) is 0 Å². The molecule has 0 unspecified atom stereocenters. The van der Waals surface area contributed by atoms with Gasteiger partial charge in [-0.15, -0.1) is 0 Å². The number of fused-ring (bicyclic) bond motifs is 9. The van der Waals surface area contributed by atoms with E-state index < -0.39 is 5.41 Å². The molecule has 0 amide bonds. The van der Waals surface area contributed by atoms with Gasteiger partial charge < -0.3 is 9.13 Å². The first-order valence-electron chi connectivity index (χ1n) is 32.2. The van der Waals surface area contributed by atoms with Crippen molar-refractivity contribution in [3.05, 3.63) is 386 Å². The molecule has 15 aromatic carbocycles. The fraction of sp³-hybridized carbons (Fsp3) is 0.0110. The molecule has 0 saturated heterocycles.